The number of methoxy groups -OCH3 is 1. The minimum Gasteiger partial charge on any atom is -0.383 e. The zero-order chi connectivity index (χ0) is 9.23. The van der Waals surface area contributed by atoms with Crippen LogP contribution in [0.5, 0.6) is 0 Å². The van der Waals surface area contributed by atoms with Gasteiger partial charge in [-0.1, -0.05) is 0 Å². The maximum Gasteiger partial charge on any atom is 0.230 e. The van der Waals surface area contributed by atoms with Crippen LogP contribution in [-0.4, -0.2) is 37.9 Å². The number of ether oxygens (including phenoxy) is 1. The molecule has 0 aromatic heterocycles. The van der Waals surface area contributed by atoms with Crippen LogP contribution in [0.3, 0.4) is 0 Å². The van der Waals surface area contributed by atoms with Gasteiger partial charge in [-0.25, -0.2) is 5.48 Å². The van der Waals surface area contributed by atoms with E-state index in [1.165, 1.54) is 24.9 Å². The second kappa shape index (κ2) is 8.45. The Balaban J connectivity index is 0.000000261. The molecule has 1 aliphatic rings. The molecule has 1 atom stereocenters. The molecule has 0 aromatic rings. The van der Waals surface area contributed by atoms with Gasteiger partial charge in [0.05, 0.1) is 6.61 Å². The average Bonchev–Trinajstić information content (AvgIpc) is 2.58. The molecule has 1 aliphatic heterocycles. The molecule has 1 rings (SSSR count). The van der Waals surface area contributed by atoms with E-state index < -0.39 is 0 Å². The average molecular weight is 176 g/mol. The van der Waals surface area contributed by atoms with Crippen LogP contribution in [0.2, 0.25) is 0 Å². The lowest BCUT2D eigenvalue weighted by atomic mass is 10.2. The van der Waals surface area contributed by atoms with E-state index in [1.807, 2.05) is 0 Å². The molecule has 12 heavy (non-hydrogen) atoms. The van der Waals surface area contributed by atoms with Gasteiger partial charge in [-0.3, -0.25) is 10.0 Å². The third-order valence-corrected chi connectivity index (χ3v) is 1.58. The highest BCUT2D eigenvalue weighted by molar-refractivity contribution is 5.43. The summed E-state index contributed by atoms with van der Waals surface area (Å²) in [5.74, 6) is 0. The first-order valence-corrected chi connectivity index (χ1v) is 3.90. The summed E-state index contributed by atoms with van der Waals surface area (Å²) in [6, 6.07) is 0.639. The summed E-state index contributed by atoms with van der Waals surface area (Å²) in [5.41, 5.74) is 1.25. The molecular formula is C7H16N2O3. The van der Waals surface area contributed by atoms with Gasteiger partial charge in [0.25, 0.3) is 0 Å². The molecule has 0 bridgehead atoms. The van der Waals surface area contributed by atoms with Crippen LogP contribution >= 0.6 is 0 Å². The standard InChI is InChI=1S/C6H13NO.CH3NO2/c1-8-5-6-3-2-4-7-6;3-1-2-4/h6-7H,2-5H2,1H3;1,4H,(H,2,3). The van der Waals surface area contributed by atoms with Crippen LogP contribution in [-0.2, 0) is 9.53 Å². The maximum atomic E-state index is 8.81. The first-order chi connectivity index (χ1) is 5.85. The van der Waals surface area contributed by atoms with Gasteiger partial charge in [0.2, 0.25) is 6.41 Å². The summed E-state index contributed by atoms with van der Waals surface area (Å²) < 4.78 is 4.96. The number of hydrogen-bond donors (Lipinski definition) is 3. The van der Waals surface area contributed by atoms with Crippen molar-refractivity contribution in [3.8, 4) is 0 Å². The Labute approximate surface area is 72.1 Å². The summed E-state index contributed by atoms with van der Waals surface area (Å²) >= 11 is 0. The number of hydroxylamine groups is 1. The molecule has 72 valence electrons. The van der Waals surface area contributed by atoms with Crippen LogP contribution in [0.15, 0.2) is 0 Å². The SMILES string of the molecule is COCC1CCCN1.O=CNO. The monoisotopic (exact) mass is 176 g/mol. The number of rotatable bonds is 3. The molecule has 0 saturated carbocycles. The Morgan fingerprint density at radius 3 is 2.83 bits per heavy atom. The highest BCUT2D eigenvalue weighted by atomic mass is 16.5. The molecular weight excluding hydrogens is 160 g/mol. The fraction of sp³-hybridized carbons (Fsp3) is 0.857. The molecule has 5 nitrogen and oxygen atoms in total. The first-order valence-electron chi connectivity index (χ1n) is 3.90. The fourth-order valence-corrected chi connectivity index (χ4v) is 1.10. The third kappa shape index (κ3) is 6.09. The molecule has 0 aromatic carbocycles. The van der Waals surface area contributed by atoms with Crippen molar-refractivity contribution in [1.82, 2.24) is 10.8 Å². The second-order valence-electron chi connectivity index (χ2n) is 2.50. The normalized spacial score (nSPS) is 21.0. The summed E-state index contributed by atoms with van der Waals surface area (Å²) in [5, 5.41) is 10.6. The largest absolute Gasteiger partial charge is 0.383 e. The van der Waals surface area contributed by atoms with E-state index in [2.05, 4.69) is 5.32 Å². The molecule has 1 amide bonds. The van der Waals surface area contributed by atoms with Crippen LogP contribution in [0.25, 0.3) is 0 Å². The number of hydrogen-bond acceptors (Lipinski definition) is 4. The molecule has 1 fully saturated rings. The summed E-state index contributed by atoms with van der Waals surface area (Å²) in [6.07, 6.45) is 2.78. The van der Waals surface area contributed by atoms with Crippen LogP contribution in [0.4, 0.5) is 0 Å². The molecule has 1 unspecified atom stereocenters. The van der Waals surface area contributed by atoms with Crippen molar-refractivity contribution in [3.05, 3.63) is 0 Å². The van der Waals surface area contributed by atoms with Gasteiger partial charge in [0, 0.05) is 13.2 Å². The van der Waals surface area contributed by atoms with Gasteiger partial charge in [0.1, 0.15) is 0 Å². The minimum atomic E-state index is 0.181. The Bertz CT molecular complexity index is 105. The van der Waals surface area contributed by atoms with E-state index in [1.54, 1.807) is 7.11 Å². The number of amides is 1. The zero-order valence-electron chi connectivity index (χ0n) is 7.25. The van der Waals surface area contributed by atoms with E-state index in [9.17, 15) is 0 Å². The van der Waals surface area contributed by atoms with Crippen LogP contribution in [0.1, 0.15) is 12.8 Å². The highest BCUT2D eigenvalue weighted by Crippen LogP contribution is 2.03. The predicted molar refractivity (Wildman–Crippen MR) is 43.9 cm³/mol. The lowest BCUT2D eigenvalue weighted by Crippen LogP contribution is -2.25. The molecule has 1 saturated heterocycles. The quantitative estimate of drug-likeness (QED) is 0.308. The van der Waals surface area contributed by atoms with Gasteiger partial charge >= 0.3 is 0 Å². The van der Waals surface area contributed by atoms with E-state index in [0.717, 1.165) is 6.61 Å². The fourth-order valence-electron chi connectivity index (χ4n) is 1.10. The van der Waals surface area contributed by atoms with Crippen LogP contribution in [0, 0.1) is 0 Å². The first kappa shape index (κ1) is 11.4. The van der Waals surface area contributed by atoms with Crippen molar-refractivity contribution in [2.75, 3.05) is 20.3 Å². The van der Waals surface area contributed by atoms with Crippen molar-refractivity contribution in [3.63, 3.8) is 0 Å². The van der Waals surface area contributed by atoms with E-state index in [-0.39, 0.29) is 6.41 Å². The molecule has 0 radical (unpaired) electrons. The van der Waals surface area contributed by atoms with Crippen molar-refractivity contribution < 1.29 is 14.7 Å². The lowest BCUT2D eigenvalue weighted by molar-refractivity contribution is -0.116. The molecule has 3 N–H and O–H groups in total. The lowest BCUT2D eigenvalue weighted by Gasteiger charge is -2.05. The van der Waals surface area contributed by atoms with E-state index >= 15 is 0 Å². The summed E-state index contributed by atoms with van der Waals surface area (Å²) in [4.78, 5) is 8.81. The number of nitrogens with one attached hydrogen (secondary N) is 2. The van der Waals surface area contributed by atoms with Gasteiger partial charge < -0.3 is 10.1 Å². The van der Waals surface area contributed by atoms with Crippen LogP contribution < -0.4 is 10.8 Å². The second-order valence-corrected chi connectivity index (χ2v) is 2.50. The van der Waals surface area contributed by atoms with Gasteiger partial charge in [0.15, 0.2) is 0 Å². The van der Waals surface area contributed by atoms with Gasteiger partial charge in [-0.15, -0.1) is 0 Å². The smallest absolute Gasteiger partial charge is 0.230 e. The minimum absolute atomic E-state index is 0.181. The van der Waals surface area contributed by atoms with Crippen molar-refractivity contribution in [2.24, 2.45) is 0 Å². The summed E-state index contributed by atoms with van der Waals surface area (Å²) in [7, 11) is 1.75. The molecule has 1 heterocycles. The van der Waals surface area contributed by atoms with Crippen molar-refractivity contribution in [1.29, 1.82) is 0 Å². The third-order valence-electron chi connectivity index (χ3n) is 1.58. The topological polar surface area (TPSA) is 70.6 Å². The number of carbonyl (C=O) groups is 1. The Morgan fingerprint density at radius 1 is 1.83 bits per heavy atom. The molecule has 0 aliphatic carbocycles. The van der Waals surface area contributed by atoms with E-state index in [0.29, 0.717) is 6.04 Å². The Kier molecular flexibility index (Phi) is 7.99. The van der Waals surface area contributed by atoms with Crippen molar-refractivity contribution >= 4 is 6.41 Å². The Morgan fingerprint density at radius 2 is 2.50 bits per heavy atom. The van der Waals surface area contributed by atoms with Crippen molar-refractivity contribution in [2.45, 2.75) is 18.9 Å². The number of carbonyl (C=O) groups excluding carboxylic acids is 1. The molecule has 5 heteroatoms. The Hall–Kier alpha value is -0.650. The summed E-state index contributed by atoms with van der Waals surface area (Å²) in [6.45, 7) is 2.05. The zero-order valence-corrected chi connectivity index (χ0v) is 7.25. The van der Waals surface area contributed by atoms with Gasteiger partial charge in [-0.05, 0) is 19.4 Å². The molecule has 0 spiro atoms. The van der Waals surface area contributed by atoms with E-state index in [4.69, 9.17) is 14.7 Å². The van der Waals surface area contributed by atoms with Gasteiger partial charge in [-0.2, -0.15) is 0 Å². The highest BCUT2D eigenvalue weighted by Gasteiger charge is 2.11. The predicted octanol–water partition coefficient (Wildman–Crippen LogP) is -0.494. The maximum absolute atomic E-state index is 8.81.